The monoisotopic (exact) mass is 387 g/mol. The Hall–Kier alpha value is -2.74. The van der Waals surface area contributed by atoms with Gasteiger partial charge in [0.15, 0.2) is 0 Å². The van der Waals surface area contributed by atoms with Crippen molar-refractivity contribution in [2.24, 2.45) is 0 Å². The second kappa shape index (κ2) is 9.65. The summed E-state index contributed by atoms with van der Waals surface area (Å²) in [5.41, 5.74) is 9.14. The van der Waals surface area contributed by atoms with E-state index in [1.165, 1.54) is 38.9 Å². The van der Waals surface area contributed by atoms with Crippen LogP contribution in [0.3, 0.4) is 0 Å². The maximum absolute atomic E-state index is 5.38. The molecule has 0 spiro atoms. The lowest BCUT2D eigenvalue weighted by atomic mass is 9.82. The minimum Gasteiger partial charge on any atom is -0.497 e. The molecule has 3 aromatic carbocycles. The first-order chi connectivity index (χ1) is 14.2. The minimum absolute atomic E-state index is 0.876. The molecule has 29 heavy (non-hydrogen) atoms. The van der Waals surface area contributed by atoms with Crippen LogP contribution in [0.2, 0.25) is 0 Å². The molecule has 2 nitrogen and oxygen atoms in total. The van der Waals surface area contributed by atoms with Crippen LogP contribution in [-0.2, 0) is 19.3 Å². The molecule has 1 radical (unpaired) electrons. The molecule has 0 aromatic heterocycles. The predicted molar refractivity (Wildman–Crippen MR) is 122 cm³/mol. The summed E-state index contributed by atoms with van der Waals surface area (Å²) in [5, 5.41) is 0. The molecule has 0 fully saturated rings. The van der Waals surface area contributed by atoms with Crippen LogP contribution >= 0.6 is 0 Å². The molecule has 3 rings (SSSR count). The Labute approximate surface area is 175 Å². The third-order valence-electron chi connectivity index (χ3n) is 5.51. The smallest absolute Gasteiger partial charge is 0.118 e. The zero-order chi connectivity index (χ0) is 20.8. The predicted octanol–water partition coefficient (Wildman–Crippen LogP) is 6.92. The van der Waals surface area contributed by atoms with Crippen LogP contribution in [0.15, 0.2) is 48.5 Å². The van der Waals surface area contributed by atoms with Gasteiger partial charge in [0.2, 0.25) is 0 Å². The van der Waals surface area contributed by atoms with Gasteiger partial charge in [0.1, 0.15) is 11.5 Å². The van der Waals surface area contributed by atoms with Gasteiger partial charge in [-0.2, -0.15) is 0 Å². The van der Waals surface area contributed by atoms with Crippen molar-refractivity contribution in [2.75, 3.05) is 14.2 Å². The van der Waals surface area contributed by atoms with Crippen LogP contribution in [0.5, 0.6) is 11.5 Å². The van der Waals surface area contributed by atoms with E-state index >= 15 is 0 Å². The Kier molecular flexibility index (Phi) is 6.98. The Bertz CT molecular complexity index is 938. The molecule has 0 aliphatic heterocycles. The van der Waals surface area contributed by atoms with E-state index in [0.29, 0.717) is 0 Å². The SMILES string of the molecule is CCCc1[c]c(-c2ccc(OC)cc2)c(CC)c(-c2ccc(OC)cc2)c1CC. The lowest BCUT2D eigenvalue weighted by molar-refractivity contribution is 0.415. The fourth-order valence-electron chi connectivity index (χ4n) is 4.08. The van der Waals surface area contributed by atoms with E-state index in [9.17, 15) is 0 Å². The number of benzene rings is 3. The molecule has 0 N–H and O–H groups in total. The largest absolute Gasteiger partial charge is 0.497 e. The van der Waals surface area contributed by atoms with E-state index in [-0.39, 0.29) is 0 Å². The molecule has 0 aliphatic rings. The summed E-state index contributed by atoms with van der Waals surface area (Å²) < 4.78 is 10.7. The van der Waals surface area contributed by atoms with Crippen molar-refractivity contribution in [3.8, 4) is 33.8 Å². The fraction of sp³-hybridized carbons (Fsp3) is 0.333. The summed E-state index contributed by atoms with van der Waals surface area (Å²) in [6, 6.07) is 20.6. The van der Waals surface area contributed by atoms with Gasteiger partial charge in [-0.05, 0) is 88.5 Å². The van der Waals surface area contributed by atoms with E-state index in [1.807, 2.05) is 12.1 Å². The quantitative estimate of drug-likeness (QED) is 0.418. The molecule has 0 amide bonds. The van der Waals surface area contributed by atoms with Gasteiger partial charge in [-0.3, -0.25) is 0 Å². The summed E-state index contributed by atoms with van der Waals surface area (Å²) in [7, 11) is 3.42. The van der Waals surface area contributed by atoms with Gasteiger partial charge in [0.25, 0.3) is 0 Å². The van der Waals surface area contributed by atoms with Crippen LogP contribution in [-0.4, -0.2) is 14.2 Å². The van der Waals surface area contributed by atoms with E-state index in [1.54, 1.807) is 14.2 Å². The summed E-state index contributed by atoms with van der Waals surface area (Å²) >= 11 is 0. The number of rotatable bonds is 8. The van der Waals surface area contributed by atoms with Gasteiger partial charge in [0.05, 0.1) is 14.2 Å². The number of aryl methyl sites for hydroxylation is 1. The molecule has 2 heteroatoms. The van der Waals surface area contributed by atoms with Crippen LogP contribution in [0.4, 0.5) is 0 Å². The Morgan fingerprint density at radius 2 is 1.21 bits per heavy atom. The van der Waals surface area contributed by atoms with Crippen molar-refractivity contribution >= 4 is 0 Å². The highest BCUT2D eigenvalue weighted by Crippen LogP contribution is 2.39. The van der Waals surface area contributed by atoms with Gasteiger partial charge in [-0.25, -0.2) is 0 Å². The van der Waals surface area contributed by atoms with Crippen molar-refractivity contribution < 1.29 is 9.47 Å². The minimum atomic E-state index is 0.876. The first-order valence-corrected chi connectivity index (χ1v) is 10.5. The van der Waals surface area contributed by atoms with Crippen LogP contribution in [0.25, 0.3) is 22.3 Å². The maximum Gasteiger partial charge on any atom is 0.118 e. The van der Waals surface area contributed by atoms with Gasteiger partial charge in [0, 0.05) is 0 Å². The van der Waals surface area contributed by atoms with Crippen molar-refractivity contribution in [3.05, 3.63) is 71.3 Å². The molecular weight excluding hydrogens is 356 g/mol. The summed E-state index contributed by atoms with van der Waals surface area (Å²) in [5.74, 6) is 1.76. The van der Waals surface area contributed by atoms with Crippen molar-refractivity contribution in [1.82, 2.24) is 0 Å². The summed E-state index contributed by atoms with van der Waals surface area (Å²) in [6.07, 6.45) is 4.11. The Morgan fingerprint density at radius 3 is 1.66 bits per heavy atom. The fourth-order valence-corrected chi connectivity index (χ4v) is 4.08. The van der Waals surface area contributed by atoms with Crippen LogP contribution in [0.1, 0.15) is 43.9 Å². The highest BCUT2D eigenvalue weighted by atomic mass is 16.5. The molecule has 0 saturated heterocycles. The van der Waals surface area contributed by atoms with E-state index in [2.05, 4.69) is 63.2 Å². The normalized spacial score (nSPS) is 10.8. The molecule has 0 saturated carbocycles. The number of ether oxygens (including phenoxy) is 2. The Balaban J connectivity index is 2.28. The van der Waals surface area contributed by atoms with E-state index < -0.39 is 0 Å². The van der Waals surface area contributed by atoms with E-state index in [0.717, 1.165) is 37.2 Å². The zero-order valence-corrected chi connectivity index (χ0v) is 18.3. The maximum atomic E-state index is 5.38. The number of hydrogen-bond acceptors (Lipinski definition) is 2. The molecule has 0 heterocycles. The average molecular weight is 388 g/mol. The van der Waals surface area contributed by atoms with Crippen LogP contribution < -0.4 is 9.47 Å². The first-order valence-electron chi connectivity index (χ1n) is 10.5. The van der Waals surface area contributed by atoms with Gasteiger partial charge in [-0.15, -0.1) is 0 Å². The topological polar surface area (TPSA) is 18.5 Å². The van der Waals surface area contributed by atoms with Gasteiger partial charge >= 0.3 is 0 Å². The lowest BCUT2D eigenvalue weighted by Gasteiger charge is -2.22. The van der Waals surface area contributed by atoms with Gasteiger partial charge in [-0.1, -0.05) is 51.5 Å². The average Bonchev–Trinajstić information content (AvgIpc) is 2.78. The molecule has 0 atom stereocenters. The standard InChI is InChI=1S/C27H31O2/c1-6-9-21-18-26(19-10-14-22(28-4)15-11-19)25(8-3)27(24(21)7-2)20-12-16-23(29-5)17-13-20/h10-17H,6-9H2,1-5H3. The van der Waals surface area contributed by atoms with Crippen molar-refractivity contribution in [2.45, 2.75) is 46.5 Å². The molecular formula is C27H31O2. The Morgan fingerprint density at radius 1 is 0.690 bits per heavy atom. The second-order valence-electron chi connectivity index (χ2n) is 7.22. The first kappa shape index (κ1) is 21.0. The van der Waals surface area contributed by atoms with Crippen molar-refractivity contribution in [3.63, 3.8) is 0 Å². The third kappa shape index (κ3) is 4.32. The molecule has 151 valence electrons. The second-order valence-corrected chi connectivity index (χ2v) is 7.22. The lowest BCUT2D eigenvalue weighted by Crippen LogP contribution is -2.04. The van der Waals surface area contributed by atoms with Crippen molar-refractivity contribution in [1.29, 1.82) is 0 Å². The van der Waals surface area contributed by atoms with E-state index in [4.69, 9.17) is 9.47 Å². The highest BCUT2D eigenvalue weighted by Gasteiger charge is 2.19. The third-order valence-corrected chi connectivity index (χ3v) is 5.51. The molecule has 3 aromatic rings. The number of methoxy groups -OCH3 is 2. The summed E-state index contributed by atoms with van der Waals surface area (Å²) in [6.45, 7) is 6.73. The molecule has 0 bridgehead atoms. The highest BCUT2D eigenvalue weighted by molar-refractivity contribution is 5.82. The number of hydrogen-bond donors (Lipinski definition) is 0. The zero-order valence-electron chi connectivity index (χ0n) is 18.3. The molecule has 0 unspecified atom stereocenters. The van der Waals surface area contributed by atoms with Crippen LogP contribution in [0, 0.1) is 6.07 Å². The summed E-state index contributed by atoms with van der Waals surface area (Å²) in [4.78, 5) is 0. The van der Waals surface area contributed by atoms with Gasteiger partial charge < -0.3 is 9.47 Å². The molecule has 0 aliphatic carbocycles.